The van der Waals surface area contributed by atoms with E-state index in [1.54, 1.807) is 11.3 Å². The summed E-state index contributed by atoms with van der Waals surface area (Å²) >= 11 is 1.63. The third-order valence-corrected chi connectivity index (χ3v) is 4.87. The van der Waals surface area contributed by atoms with Crippen LogP contribution in [-0.4, -0.2) is 28.4 Å². The number of hydrogen-bond acceptors (Lipinski definition) is 4. The van der Waals surface area contributed by atoms with Gasteiger partial charge in [-0.2, -0.15) is 0 Å². The molecule has 0 radical (unpaired) electrons. The monoisotopic (exact) mass is 255 g/mol. The van der Waals surface area contributed by atoms with Gasteiger partial charge in [0.2, 0.25) is 0 Å². The summed E-state index contributed by atoms with van der Waals surface area (Å²) in [6.45, 7) is 2.11. The molecule has 1 heterocycles. The van der Waals surface area contributed by atoms with Crippen LogP contribution < -0.4 is 0 Å². The van der Waals surface area contributed by atoms with Crippen LogP contribution >= 0.6 is 11.3 Å². The number of aliphatic hydroxyl groups is 2. The van der Waals surface area contributed by atoms with Crippen molar-refractivity contribution in [3.8, 4) is 0 Å². The summed E-state index contributed by atoms with van der Waals surface area (Å²) in [7, 11) is 0. The van der Waals surface area contributed by atoms with Crippen molar-refractivity contribution in [1.82, 2.24) is 4.98 Å². The van der Waals surface area contributed by atoms with Crippen molar-refractivity contribution < 1.29 is 10.2 Å². The molecule has 2 N–H and O–H groups in total. The molecule has 0 spiro atoms. The van der Waals surface area contributed by atoms with Gasteiger partial charge in [0.1, 0.15) is 0 Å². The fourth-order valence-corrected chi connectivity index (χ4v) is 3.57. The SMILES string of the molecule is Cc1nc(CC(CO)(CO)C2CCCC2)cs1. The molecule has 1 aromatic heterocycles. The number of aliphatic hydroxyl groups excluding tert-OH is 2. The molecule has 1 aromatic rings. The first-order chi connectivity index (χ1) is 8.20. The van der Waals surface area contributed by atoms with Gasteiger partial charge in [0, 0.05) is 17.2 Å². The second-order valence-electron chi connectivity index (χ2n) is 5.19. The Morgan fingerprint density at radius 3 is 2.47 bits per heavy atom. The molecule has 17 heavy (non-hydrogen) atoms. The summed E-state index contributed by atoms with van der Waals surface area (Å²) in [5, 5.41) is 22.5. The Balaban J connectivity index is 2.15. The Kier molecular flexibility index (Phi) is 4.17. The Labute approximate surface area is 107 Å². The van der Waals surface area contributed by atoms with Crippen LogP contribution in [0.15, 0.2) is 5.38 Å². The minimum Gasteiger partial charge on any atom is -0.396 e. The van der Waals surface area contributed by atoms with E-state index in [-0.39, 0.29) is 18.6 Å². The second-order valence-corrected chi connectivity index (χ2v) is 6.26. The molecular weight excluding hydrogens is 234 g/mol. The average Bonchev–Trinajstić information content (AvgIpc) is 2.98. The molecule has 0 bridgehead atoms. The smallest absolute Gasteiger partial charge is 0.0897 e. The topological polar surface area (TPSA) is 53.4 Å². The molecule has 3 nitrogen and oxygen atoms in total. The van der Waals surface area contributed by atoms with Crippen molar-refractivity contribution in [2.75, 3.05) is 13.2 Å². The van der Waals surface area contributed by atoms with Gasteiger partial charge in [-0.25, -0.2) is 4.98 Å². The number of hydrogen-bond donors (Lipinski definition) is 2. The minimum atomic E-state index is -0.364. The van der Waals surface area contributed by atoms with Crippen LogP contribution in [0.25, 0.3) is 0 Å². The molecule has 4 heteroatoms. The summed E-state index contributed by atoms with van der Waals surface area (Å²) in [6.07, 6.45) is 5.41. The van der Waals surface area contributed by atoms with Crippen molar-refractivity contribution in [2.24, 2.45) is 11.3 Å². The van der Waals surface area contributed by atoms with E-state index < -0.39 is 0 Å². The first-order valence-electron chi connectivity index (χ1n) is 6.33. The molecule has 1 saturated carbocycles. The Bertz CT molecular complexity index is 354. The van der Waals surface area contributed by atoms with E-state index in [9.17, 15) is 10.2 Å². The van der Waals surface area contributed by atoms with Gasteiger partial charge in [-0.15, -0.1) is 11.3 Å². The van der Waals surface area contributed by atoms with Gasteiger partial charge in [0.15, 0.2) is 0 Å². The lowest BCUT2D eigenvalue weighted by molar-refractivity contribution is 0.00505. The van der Waals surface area contributed by atoms with Gasteiger partial charge >= 0.3 is 0 Å². The van der Waals surface area contributed by atoms with Crippen LogP contribution in [0.4, 0.5) is 0 Å². The maximum absolute atomic E-state index is 9.72. The highest BCUT2D eigenvalue weighted by Crippen LogP contribution is 2.41. The van der Waals surface area contributed by atoms with E-state index >= 15 is 0 Å². The molecule has 1 aliphatic carbocycles. The molecule has 0 unspecified atom stereocenters. The second kappa shape index (κ2) is 5.46. The van der Waals surface area contributed by atoms with Gasteiger partial charge in [0.25, 0.3) is 0 Å². The number of thiazole rings is 1. The van der Waals surface area contributed by atoms with Crippen molar-refractivity contribution >= 4 is 11.3 Å². The first kappa shape index (κ1) is 13.0. The van der Waals surface area contributed by atoms with Gasteiger partial charge < -0.3 is 10.2 Å². The van der Waals surface area contributed by atoms with Gasteiger partial charge in [0.05, 0.1) is 23.9 Å². The van der Waals surface area contributed by atoms with E-state index in [2.05, 4.69) is 4.98 Å². The first-order valence-corrected chi connectivity index (χ1v) is 7.21. The van der Waals surface area contributed by atoms with Crippen molar-refractivity contribution in [3.63, 3.8) is 0 Å². The predicted octanol–water partition coefficient (Wildman–Crippen LogP) is 2.16. The molecule has 1 aliphatic rings. The zero-order valence-electron chi connectivity index (χ0n) is 10.4. The van der Waals surface area contributed by atoms with E-state index in [1.165, 1.54) is 12.8 Å². The number of rotatable bonds is 5. The lowest BCUT2D eigenvalue weighted by atomic mass is 9.72. The third kappa shape index (κ3) is 2.69. The van der Waals surface area contributed by atoms with Crippen LogP contribution in [0.2, 0.25) is 0 Å². The normalized spacial score (nSPS) is 17.8. The van der Waals surface area contributed by atoms with Crippen molar-refractivity contribution in [2.45, 2.75) is 39.0 Å². The Hall–Kier alpha value is -0.450. The largest absolute Gasteiger partial charge is 0.396 e. The fourth-order valence-electron chi connectivity index (χ4n) is 2.95. The summed E-state index contributed by atoms with van der Waals surface area (Å²) < 4.78 is 0. The molecule has 0 saturated heterocycles. The van der Waals surface area contributed by atoms with Crippen LogP contribution in [0, 0.1) is 18.3 Å². The zero-order valence-corrected chi connectivity index (χ0v) is 11.2. The van der Waals surface area contributed by atoms with Crippen LogP contribution in [0.5, 0.6) is 0 Å². The molecule has 0 amide bonds. The number of aryl methyl sites for hydroxylation is 1. The van der Waals surface area contributed by atoms with Crippen LogP contribution in [0.1, 0.15) is 36.4 Å². The van der Waals surface area contributed by atoms with Gasteiger partial charge in [-0.1, -0.05) is 12.8 Å². The summed E-state index contributed by atoms with van der Waals surface area (Å²) in [4.78, 5) is 4.46. The Morgan fingerprint density at radius 2 is 2.00 bits per heavy atom. The molecule has 0 aromatic carbocycles. The average molecular weight is 255 g/mol. The maximum atomic E-state index is 9.72. The highest BCUT2D eigenvalue weighted by molar-refractivity contribution is 7.09. The fraction of sp³-hybridized carbons (Fsp3) is 0.769. The van der Waals surface area contributed by atoms with E-state index in [0.717, 1.165) is 23.5 Å². The summed E-state index contributed by atoms with van der Waals surface area (Å²) in [6, 6.07) is 0. The minimum absolute atomic E-state index is 0.0603. The van der Waals surface area contributed by atoms with E-state index in [1.807, 2.05) is 12.3 Å². The Morgan fingerprint density at radius 1 is 1.35 bits per heavy atom. The van der Waals surface area contributed by atoms with Crippen molar-refractivity contribution in [3.05, 3.63) is 16.1 Å². The number of nitrogens with zero attached hydrogens (tertiary/aromatic N) is 1. The van der Waals surface area contributed by atoms with E-state index in [0.29, 0.717) is 12.3 Å². The molecular formula is C13H21NO2S. The molecule has 2 rings (SSSR count). The lowest BCUT2D eigenvalue weighted by Gasteiger charge is -2.35. The number of aromatic nitrogens is 1. The van der Waals surface area contributed by atoms with Crippen molar-refractivity contribution in [1.29, 1.82) is 0 Å². The molecule has 96 valence electrons. The van der Waals surface area contributed by atoms with Crippen LogP contribution in [0.3, 0.4) is 0 Å². The standard InChI is InChI=1S/C13H21NO2S/c1-10-14-12(7-17-10)6-13(8-15,9-16)11-4-2-3-5-11/h7,11,15-16H,2-6,8-9H2,1H3. The molecule has 1 fully saturated rings. The molecule has 0 atom stereocenters. The summed E-state index contributed by atoms with van der Waals surface area (Å²) in [5.74, 6) is 0.444. The highest BCUT2D eigenvalue weighted by atomic mass is 32.1. The predicted molar refractivity (Wildman–Crippen MR) is 69.1 cm³/mol. The lowest BCUT2D eigenvalue weighted by Crippen LogP contribution is -2.39. The van der Waals surface area contributed by atoms with Crippen LogP contribution in [-0.2, 0) is 6.42 Å². The van der Waals surface area contributed by atoms with E-state index in [4.69, 9.17) is 0 Å². The summed E-state index contributed by atoms with van der Waals surface area (Å²) in [5.41, 5.74) is 0.652. The quantitative estimate of drug-likeness (QED) is 0.847. The zero-order chi connectivity index (χ0) is 12.3. The highest BCUT2D eigenvalue weighted by Gasteiger charge is 2.39. The maximum Gasteiger partial charge on any atom is 0.0897 e. The van der Waals surface area contributed by atoms with Gasteiger partial charge in [-0.05, 0) is 25.7 Å². The van der Waals surface area contributed by atoms with Gasteiger partial charge in [-0.3, -0.25) is 0 Å². The third-order valence-electron chi connectivity index (χ3n) is 4.05. The molecule has 0 aliphatic heterocycles.